The van der Waals surface area contributed by atoms with E-state index in [0.717, 1.165) is 21.9 Å². The second kappa shape index (κ2) is 6.73. The predicted octanol–water partition coefficient (Wildman–Crippen LogP) is 4.13. The summed E-state index contributed by atoms with van der Waals surface area (Å²) in [5.74, 6) is 0.222. The van der Waals surface area contributed by atoms with Gasteiger partial charge in [-0.15, -0.1) is 0 Å². The fourth-order valence-corrected chi connectivity index (χ4v) is 4.26. The number of nitrogens with zero attached hydrogens (tertiary/aromatic N) is 3. The van der Waals surface area contributed by atoms with Gasteiger partial charge in [-0.3, -0.25) is 14.9 Å². The highest BCUT2D eigenvalue weighted by atomic mass is 16.2. The van der Waals surface area contributed by atoms with Crippen molar-refractivity contribution < 1.29 is 9.59 Å². The lowest BCUT2D eigenvalue weighted by Crippen LogP contribution is -2.37. The molecule has 4 aromatic rings. The number of hydrogen-bond acceptors (Lipinski definition) is 3. The minimum absolute atomic E-state index is 0.0825. The quantitative estimate of drug-likeness (QED) is 0.542. The van der Waals surface area contributed by atoms with E-state index >= 15 is 0 Å². The van der Waals surface area contributed by atoms with Crippen molar-refractivity contribution in [3.05, 3.63) is 59.8 Å². The molecule has 1 aliphatic heterocycles. The van der Waals surface area contributed by atoms with E-state index in [1.54, 1.807) is 6.07 Å². The van der Waals surface area contributed by atoms with Gasteiger partial charge in [0.1, 0.15) is 5.69 Å². The standard InChI is InChI=1S/C23H23N5O2/c1-13(2)27-18-7-5-4-6-17(18)25-23(27)26-21(29)16-9-8-15-10-20-22(30)24-12-14(3)28(20)19(15)11-16/h4-11,13-14H,12H2,1-3H3,(H,24,30)(H,25,26,29). The van der Waals surface area contributed by atoms with Gasteiger partial charge >= 0.3 is 0 Å². The lowest BCUT2D eigenvalue weighted by Gasteiger charge is -2.24. The Labute approximate surface area is 173 Å². The number of anilines is 1. The van der Waals surface area contributed by atoms with Gasteiger partial charge in [0, 0.05) is 35.1 Å². The van der Waals surface area contributed by atoms with E-state index in [1.807, 2.05) is 51.6 Å². The van der Waals surface area contributed by atoms with Gasteiger partial charge in [-0.2, -0.15) is 0 Å². The maximum atomic E-state index is 13.1. The largest absolute Gasteiger partial charge is 0.349 e. The number of para-hydroxylation sites is 2. The average Bonchev–Trinajstić information content (AvgIpc) is 3.29. The number of aromatic nitrogens is 3. The lowest BCUT2D eigenvalue weighted by atomic mass is 10.1. The highest BCUT2D eigenvalue weighted by Crippen LogP contribution is 2.28. The van der Waals surface area contributed by atoms with Gasteiger partial charge in [0.25, 0.3) is 11.8 Å². The minimum atomic E-state index is -0.224. The molecule has 2 aromatic carbocycles. The first-order valence-electron chi connectivity index (χ1n) is 10.2. The van der Waals surface area contributed by atoms with E-state index in [1.165, 1.54) is 0 Å². The van der Waals surface area contributed by atoms with Crippen molar-refractivity contribution in [3.8, 4) is 0 Å². The molecule has 0 spiro atoms. The summed E-state index contributed by atoms with van der Waals surface area (Å²) in [5, 5.41) is 6.82. The first-order valence-corrected chi connectivity index (χ1v) is 10.2. The Kier molecular flexibility index (Phi) is 4.13. The van der Waals surface area contributed by atoms with Crippen LogP contribution in [0.4, 0.5) is 5.95 Å². The molecular weight excluding hydrogens is 378 g/mol. The molecule has 0 fully saturated rings. The molecule has 7 nitrogen and oxygen atoms in total. The molecule has 1 aliphatic rings. The first kappa shape index (κ1) is 18.4. The van der Waals surface area contributed by atoms with Crippen LogP contribution in [0.15, 0.2) is 48.5 Å². The fourth-order valence-electron chi connectivity index (χ4n) is 4.26. The van der Waals surface area contributed by atoms with Gasteiger partial charge < -0.3 is 14.5 Å². The molecule has 3 heterocycles. The topological polar surface area (TPSA) is 81.0 Å². The Morgan fingerprint density at radius 2 is 1.97 bits per heavy atom. The smallest absolute Gasteiger partial charge is 0.268 e. The molecule has 2 aromatic heterocycles. The zero-order chi connectivity index (χ0) is 21.0. The third kappa shape index (κ3) is 2.77. The van der Waals surface area contributed by atoms with Gasteiger partial charge in [0.15, 0.2) is 0 Å². The van der Waals surface area contributed by atoms with Crippen LogP contribution in [0.2, 0.25) is 0 Å². The molecule has 2 amide bonds. The third-order valence-electron chi connectivity index (χ3n) is 5.67. The third-order valence-corrected chi connectivity index (χ3v) is 5.67. The Hall–Kier alpha value is -3.61. The number of rotatable bonds is 3. The van der Waals surface area contributed by atoms with Crippen molar-refractivity contribution in [2.75, 3.05) is 11.9 Å². The number of carbonyl (C=O) groups is 2. The maximum absolute atomic E-state index is 13.1. The van der Waals surface area contributed by atoms with Gasteiger partial charge in [0.05, 0.1) is 11.0 Å². The van der Waals surface area contributed by atoms with Crippen molar-refractivity contribution >= 4 is 39.7 Å². The summed E-state index contributed by atoms with van der Waals surface area (Å²) < 4.78 is 4.03. The summed E-state index contributed by atoms with van der Waals surface area (Å²) in [4.78, 5) is 29.9. The van der Waals surface area contributed by atoms with Gasteiger partial charge in [-0.1, -0.05) is 18.2 Å². The number of hydrogen-bond donors (Lipinski definition) is 2. The van der Waals surface area contributed by atoms with Crippen LogP contribution in [0.1, 0.15) is 53.7 Å². The normalized spacial score (nSPS) is 16.1. The van der Waals surface area contributed by atoms with E-state index in [2.05, 4.69) is 36.4 Å². The molecule has 2 N–H and O–H groups in total. The monoisotopic (exact) mass is 401 g/mol. The van der Waals surface area contributed by atoms with Crippen LogP contribution in [-0.4, -0.2) is 32.5 Å². The molecule has 5 rings (SSSR count). The number of carbonyl (C=O) groups excluding carboxylic acids is 2. The van der Waals surface area contributed by atoms with Crippen molar-refractivity contribution in [3.63, 3.8) is 0 Å². The second-order valence-electron chi connectivity index (χ2n) is 8.07. The Balaban J connectivity index is 1.55. The molecular formula is C23H23N5O2. The Morgan fingerprint density at radius 3 is 2.77 bits per heavy atom. The highest BCUT2D eigenvalue weighted by Gasteiger charge is 2.25. The van der Waals surface area contributed by atoms with Crippen LogP contribution in [0.25, 0.3) is 21.9 Å². The summed E-state index contributed by atoms with van der Waals surface area (Å²) in [7, 11) is 0. The van der Waals surface area contributed by atoms with Crippen molar-refractivity contribution in [2.45, 2.75) is 32.9 Å². The average molecular weight is 401 g/mol. The van der Waals surface area contributed by atoms with Crippen molar-refractivity contribution in [1.29, 1.82) is 0 Å². The second-order valence-corrected chi connectivity index (χ2v) is 8.07. The van der Waals surface area contributed by atoms with Crippen molar-refractivity contribution in [1.82, 2.24) is 19.4 Å². The van der Waals surface area contributed by atoms with Gasteiger partial charge in [-0.05, 0) is 51.1 Å². The van der Waals surface area contributed by atoms with E-state index in [9.17, 15) is 9.59 Å². The molecule has 0 aliphatic carbocycles. The van der Waals surface area contributed by atoms with E-state index < -0.39 is 0 Å². The SMILES string of the molecule is CC(C)n1c(NC(=O)c2ccc3cc4n(c3c2)C(C)CNC4=O)nc2ccccc21. The first-order chi connectivity index (χ1) is 14.4. The molecule has 152 valence electrons. The number of benzene rings is 2. The van der Waals surface area contributed by atoms with Gasteiger partial charge in [-0.25, -0.2) is 4.98 Å². The molecule has 0 saturated carbocycles. The molecule has 0 saturated heterocycles. The van der Waals surface area contributed by atoms with Crippen LogP contribution in [0.5, 0.6) is 0 Å². The van der Waals surface area contributed by atoms with E-state index in [0.29, 0.717) is 23.8 Å². The number of fused-ring (bicyclic) bond motifs is 4. The molecule has 30 heavy (non-hydrogen) atoms. The molecule has 0 radical (unpaired) electrons. The zero-order valence-electron chi connectivity index (χ0n) is 17.1. The van der Waals surface area contributed by atoms with Gasteiger partial charge in [0.2, 0.25) is 5.95 Å². The maximum Gasteiger partial charge on any atom is 0.268 e. The highest BCUT2D eigenvalue weighted by molar-refractivity contribution is 6.07. The summed E-state index contributed by atoms with van der Waals surface area (Å²) in [5.41, 5.74) is 3.88. The number of amides is 2. The predicted molar refractivity (Wildman–Crippen MR) is 117 cm³/mol. The van der Waals surface area contributed by atoms with Crippen LogP contribution < -0.4 is 10.6 Å². The number of imidazole rings is 1. The molecule has 0 bridgehead atoms. The minimum Gasteiger partial charge on any atom is -0.349 e. The summed E-state index contributed by atoms with van der Waals surface area (Å²) in [6, 6.07) is 15.5. The Morgan fingerprint density at radius 1 is 1.17 bits per heavy atom. The lowest BCUT2D eigenvalue weighted by molar-refractivity contribution is 0.0919. The summed E-state index contributed by atoms with van der Waals surface area (Å²) in [6.45, 7) is 6.76. The summed E-state index contributed by atoms with van der Waals surface area (Å²) in [6.07, 6.45) is 0. The summed E-state index contributed by atoms with van der Waals surface area (Å²) >= 11 is 0. The van der Waals surface area contributed by atoms with Crippen molar-refractivity contribution in [2.24, 2.45) is 0 Å². The van der Waals surface area contributed by atoms with Crippen LogP contribution in [-0.2, 0) is 0 Å². The van der Waals surface area contributed by atoms with Crippen LogP contribution in [0.3, 0.4) is 0 Å². The van der Waals surface area contributed by atoms with E-state index in [4.69, 9.17) is 0 Å². The number of nitrogens with one attached hydrogen (secondary N) is 2. The molecule has 1 atom stereocenters. The zero-order valence-corrected chi connectivity index (χ0v) is 17.1. The molecule has 7 heteroatoms. The Bertz CT molecular complexity index is 1310. The fraction of sp³-hybridized carbons (Fsp3) is 0.261. The molecule has 1 unspecified atom stereocenters. The van der Waals surface area contributed by atoms with Crippen LogP contribution in [0, 0.1) is 0 Å². The van der Waals surface area contributed by atoms with E-state index in [-0.39, 0.29) is 23.9 Å². The van der Waals surface area contributed by atoms with Crippen LogP contribution >= 0.6 is 0 Å².